The van der Waals surface area contributed by atoms with Gasteiger partial charge in [0.25, 0.3) is 0 Å². The lowest BCUT2D eigenvalue weighted by Gasteiger charge is -2.23. The third-order valence-corrected chi connectivity index (χ3v) is 5.34. The maximum atomic E-state index is 13.9. The van der Waals surface area contributed by atoms with E-state index in [1.165, 1.54) is 16.2 Å². The van der Waals surface area contributed by atoms with Crippen molar-refractivity contribution in [3.63, 3.8) is 0 Å². The molecule has 11 heteroatoms. The Balaban J connectivity index is 1.63. The molecule has 0 aliphatic carbocycles. The van der Waals surface area contributed by atoms with E-state index in [0.29, 0.717) is 41.2 Å². The molecule has 0 amide bonds. The van der Waals surface area contributed by atoms with Crippen LogP contribution < -0.4 is 10.6 Å². The molecule has 6 nitrogen and oxygen atoms in total. The summed E-state index contributed by atoms with van der Waals surface area (Å²) in [5, 5.41) is 6.31. The van der Waals surface area contributed by atoms with Gasteiger partial charge in [0, 0.05) is 48.7 Å². The molecule has 1 fully saturated rings. The lowest BCUT2D eigenvalue weighted by atomic mass is 10.1. The van der Waals surface area contributed by atoms with Crippen molar-refractivity contribution in [2.75, 3.05) is 30.4 Å². The molecule has 2 N–H and O–H groups in total. The van der Waals surface area contributed by atoms with Crippen molar-refractivity contribution in [3.8, 4) is 11.3 Å². The molecule has 160 valence electrons. The van der Waals surface area contributed by atoms with Gasteiger partial charge in [0.05, 0.1) is 11.2 Å². The van der Waals surface area contributed by atoms with E-state index in [9.17, 15) is 17.1 Å². The molecule has 4 heterocycles. The molecule has 4 rings (SSSR count). The summed E-state index contributed by atoms with van der Waals surface area (Å²) in [6, 6.07) is 6.84. The second-order valence-corrected chi connectivity index (χ2v) is 7.45. The summed E-state index contributed by atoms with van der Waals surface area (Å²) in [4.78, 5) is 8.31. The molecule has 3 aromatic rings. The second-order valence-electron chi connectivity index (χ2n) is 6.95. The van der Waals surface area contributed by atoms with E-state index < -0.39 is 12.7 Å². The number of halogens is 4. The Morgan fingerprint density at radius 2 is 1.93 bits per heavy atom. The molecule has 0 spiro atoms. The summed E-state index contributed by atoms with van der Waals surface area (Å²) in [5.74, 6) is 0.696. The summed E-state index contributed by atoms with van der Waals surface area (Å²) < 4.78 is 58.0. The normalized spacial score (nSPS) is 15.5. The SMILES string of the molecule is FSn1c(-c2ccnc(NCC(F)(F)F)c2)cc2cnc(NC3CCOCC3)cc21. The number of alkyl halides is 3. The average Bonchev–Trinajstić information content (AvgIpc) is 3.11. The number of nitrogens with one attached hydrogen (secondary N) is 2. The Morgan fingerprint density at radius 1 is 1.13 bits per heavy atom. The van der Waals surface area contributed by atoms with Crippen LogP contribution in [0.25, 0.3) is 22.2 Å². The lowest BCUT2D eigenvalue weighted by Crippen LogP contribution is -2.28. The first-order valence-corrected chi connectivity index (χ1v) is 10.0. The minimum absolute atomic E-state index is 0.0250. The zero-order valence-corrected chi connectivity index (χ0v) is 16.6. The highest BCUT2D eigenvalue weighted by Gasteiger charge is 2.27. The number of pyridine rings is 2. The lowest BCUT2D eigenvalue weighted by molar-refractivity contribution is -0.115. The Kier molecular flexibility index (Phi) is 6.00. The van der Waals surface area contributed by atoms with Gasteiger partial charge in [-0.2, -0.15) is 13.2 Å². The number of hydrogen-bond acceptors (Lipinski definition) is 6. The summed E-state index contributed by atoms with van der Waals surface area (Å²) in [6.07, 6.45) is 0.413. The molecule has 0 atom stereocenters. The molecular formula is C19H19F4N5OS. The van der Waals surface area contributed by atoms with Gasteiger partial charge in [-0.15, -0.1) is 3.89 Å². The first-order chi connectivity index (χ1) is 14.4. The van der Waals surface area contributed by atoms with Crippen LogP contribution in [0.1, 0.15) is 12.8 Å². The highest BCUT2D eigenvalue weighted by atomic mass is 32.2. The van der Waals surface area contributed by atoms with Crippen molar-refractivity contribution < 1.29 is 21.8 Å². The second kappa shape index (κ2) is 8.68. The van der Waals surface area contributed by atoms with Crippen molar-refractivity contribution in [2.45, 2.75) is 25.1 Å². The van der Waals surface area contributed by atoms with Crippen molar-refractivity contribution in [2.24, 2.45) is 0 Å². The van der Waals surface area contributed by atoms with Crippen LogP contribution in [-0.4, -0.2) is 45.9 Å². The fourth-order valence-electron chi connectivity index (χ4n) is 3.36. The highest BCUT2D eigenvalue weighted by Crippen LogP contribution is 2.34. The minimum atomic E-state index is -4.36. The average molecular weight is 441 g/mol. The minimum Gasteiger partial charge on any atom is -0.381 e. The van der Waals surface area contributed by atoms with E-state index in [-0.39, 0.29) is 24.2 Å². The van der Waals surface area contributed by atoms with Gasteiger partial charge in [-0.1, -0.05) is 0 Å². The van der Waals surface area contributed by atoms with Crippen molar-refractivity contribution in [1.29, 1.82) is 0 Å². The number of ether oxygens (including phenoxy) is 1. The van der Waals surface area contributed by atoms with Crippen LogP contribution in [0.5, 0.6) is 0 Å². The van der Waals surface area contributed by atoms with Crippen molar-refractivity contribution in [1.82, 2.24) is 13.9 Å². The molecule has 0 radical (unpaired) electrons. The van der Waals surface area contributed by atoms with Gasteiger partial charge >= 0.3 is 6.18 Å². The van der Waals surface area contributed by atoms with Crippen LogP contribution in [0.15, 0.2) is 36.7 Å². The van der Waals surface area contributed by atoms with E-state index in [2.05, 4.69) is 20.6 Å². The largest absolute Gasteiger partial charge is 0.405 e. The molecule has 3 aromatic heterocycles. The maximum absolute atomic E-state index is 13.9. The fraction of sp³-hybridized carbons (Fsp3) is 0.368. The van der Waals surface area contributed by atoms with Crippen LogP contribution in [0.4, 0.5) is 28.7 Å². The third-order valence-electron chi connectivity index (χ3n) is 4.81. The fourth-order valence-corrected chi connectivity index (χ4v) is 3.83. The summed E-state index contributed by atoms with van der Waals surface area (Å²) in [7, 11) is 0. The van der Waals surface area contributed by atoms with Crippen LogP contribution >= 0.6 is 12.3 Å². The Hall–Kier alpha value is -2.53. The summed E-state index contributed by atoms with van der Waals surface area (Å²) in [6.45, 7) is 0.177. The topological polar surface area (TPSA) is 64.0 Å². The molecule has 0 saturated carbocycles. The van der Waals surface area contributed by atoms with E-state index >= 15 is 0 Å². The van der Waals surface area contributed by atoms with Gasteiger partial charge in [0.15, 0.2) is 12.3 Å². The number of hydrogen-bond donors (Lipinski definition) is 2. The summed E-state index contributed by atoms with van der Waals surface area (Å²) in [5.41, 5.74) is 1.65. The summed E-state index contributed by atoms with van der Waals surface area (Å²) >= 11 is 0.0250. The van der Waals surface area contributed by atoms with Crippen LogP contribution in [0.2, 0.25) is 0 Å². The van der Waals surface area contributed by atoms with Gasteiger partial charge in [-0.3, -0.25) is 3.97 Å². The van der Waals surface area contributed by atoms with E-state index in [1.54, 1.807) is 24.4 Å². The molecule has 1 aliphatic rings. The van der Waals surface area contributed by atoms with Gasteiger partial charge in [-0.05, 0) is 31.0 Å². The quantitative estimate of drug-likeness (QED) is 0.523. The first-order valence-electron chi connectivity index (χ1n) is 9.35. The van der Waals surface area contributed by atoms with Gasteiger partial charge < -0.3 is 15.4 Å². The van der Waals surface area contributed by atoms with E-state index in [4.69, 9.17) is 4.74 Å². The Bertz CT molecular complexity index is 1020. The molecule has 30 heavy (non-hydrogen) atoms. The third kappa shape index (κ3) is 4.78. The number of anilines is 2. The van der Waals surface area contributed by atoms with E-state index in [0.717, 1.165) is 12.8 Å². The number of rotatable bonds is 6. The predicted molar refractivity (Wildman–Crippen MR) is 109 cm³/mol. The zero-order chi connectivity index (χ0) is 21.1. The monoisotopic (exact) mass is 441 g/mol. The first kappa shape index (κ1) is 20.7. The smallest absolute Gasteiger partial charge is 0.381 e. The van der Waals surface area contributed by atoms with Gasteiger partial charge in [-0.25, -0.2) is 9.97 Å². The van der Waals surface area contributed by atoms with Crippen LogP contribution in [0, 0.1) is 0 Å². The van der Waals surface area contributed by atoms with E-state index in [1.807, 2.05) is 0 Å². The standard InChI is InChI=1S/C19H19F4N5OS/c20-19(21,22)11-26-17-8-12(1-4-24-17)15-7-13-10-25-18(9-16(13)28(15)30-23)27-14-2-5-29-6-3-14/h1,4,7-10,14H,2-3,5-6,11H2,(H,24,26)(H,25,27). The van der Waals surface area contributed by atoms with Crippen molar-refractivity contribution in [3.05, 3.63) is 36.7 Å². The van der Waals surface area contributed by atoms with Gasteiger partial charge in [0.2, 0.25) is 0 Å². The molecule has 1 aliphatic heterocycles. The van der Waals surface area contributed by atoms with Gasteiger partial charge in [0.1, 0.15) is 18.2 Å². The molecule has 0 aromatic carbocycles. The highest BCUT2D eigenvalue weighted by molar-refractivity contribution is 7.93. The molecular weight excluding hydrogens is 422 g/mol. The maximum Gasteiger partial charge on any atom is 0.405 e. The Labute approximate surface area is 174 Å². The Morgan fingerprint density at radius 3 is 2.67 bits per heavy atom. The zero-order valence-electron chi connectivity index (χ0n) is 15.7. The van der Waals surface area contributed by atoms with Crippen LogP contribution in [-0.2, 0) is 4.74 Å². The molecule has 0 bridgehead atoms. The number of fused-ring (bicyclic) bond motifs is 1. The van der Waals surface area contributed by atoms with Crippen molar-refractivity contribution >= 4 is 34.9 Å². The number of aromatic nitrogens is 3. The number of nitrogens with zero attached hydrogens (tertiary/aromatic N) is 3. The molecule has 0 unspecified atom stereocenters. The predicted octanol–water partition coefficient (Wildman–Crippen LogP) is 5.04. The van der Waals surface area contributed by atoms with Crippen LogP contribution in [0.3, 0.4) is 0 Å². The molecule has 1 saturated heterocycles.